The van der Waals surface area contributed by atoms with E-state index in [2.05, 4.69) is 13.5 Å². The highest BCUT2D eigenvalue weighted by Crippen LogP contribution is 2.05. The fraction of sp³-hybridized carbons (Fsp3) is 0.444. The Morgan fingerprint density at radius 2 is 2.36 bits per heavy atom. The number of allylic oxidation sites excluding steroid dienone is 2. The largest absolute Gasteiger partial charge is 0.478 e. The van der Waals surface area contributed by atoms with Crippen molar-refractivity contribution in [2.45, 2.75) is 19.8 Å². The molecule has 0 saturated carbocycles. The minimum atomic E-state index is -0.878. The number of carboxylic acids is 1. The third-order valence-corrected chi connectivity index (χ3v) is 1.45. The van der Waals surface area contributed by atoms with Crippen molar-refractivity contribution < 1.29 is 9.90 Å². The van der Waals surface area contributed by atoms with Crippen LogP contribution in [0.5, 0.6) is 0 Å². The van der Waals surface area contributed by atoms with Crippen LogP contribution in [0.15, 0.2) is 24.8 Å². The van der Waals surface area contributed by atoms with Gasteiger partial charge in [-0.15, -0.1) is 6.58 Å². The lowest BCUT2D eigenvalue weighted by atomic mass is 10.1. The molecule has 0 amide bonds. The van der Waals surface area contributed by atoms with Gasteiger partial charge in [0.2, 0.25) is 0 Å². The van der Waals surface area contributed by atoms with Gasteiger partial charge in [0.05, 0.1) is 0 Å². The predicted molar refractivity (Wildman–Crippen MR) is 45.4 cm³/mol. The quantitative estimate of drug-likeness (QED) is 0.487. The molecule has 0 fully saturated rings. The lowest BCUT2D eigenvalue weighted by Gasteiger charge is -1.99. The molecule has 11 heavy (non-hydrogen) atoms. The van der Waals surface area contributed by atoms with Gasteiger partial charge in [-0.2, -0.15) is 0 Å². The summed E-state index contributed by atoms with van der Waals surface area (Å²) in [6.07, 6.45) is 6.49. The molecule has 62 valence electrons. The van der Waals surface area contributed by atoms with Crippen LogP contribution in [-0.4, -0.2) is 11.1 Å². The van der Waals surface area contributed by atoms with Crippen LogP contribution in [-0.2, 0) is 4.79 Å². The van der Waals surface area contributed by atoms with Gasteiger partial charge >= 0.3 is 5.97 Å². The summed E-state index contributed by atoms with van der Waals surface area (Å²) in [6.45, 7) is 5.69. The number of hydrogen-bond acceptors (Lipinski definition) is 1. The molecule has 1 N–H and O–H groups in total. The van der Waals surface area contributed by atoms with E-state index in [1.165, 1.54) is 6.08 Å². The van der Waals surface area contributed by atoms with Crippen molar-refractivity contribution in [1.29, 1.82) is 0 Å². The van der Waals surface area contributed by atoms with Crippen molar-refractivity contribution >= 4 is 5.97 Å². The highest BCUT2D eigenvalue weighted by molar-refractivity contribution is 5.79. The Bertz CT molecular complexity index is 159. The van der Waals surface area contributed by atoms with E-state index in [-0.39, 0.29) is 0 Å². The van der Waals surface area contributed by atoms with Crippen molar-refractivity contribution in [3.8, 4) is 0 Å². The summed E-state index contributed by atoms with van der Waals surface area (Å²) in [7, 11) is 0. The first-order valence-electron chi connectivity index (χ1n) is 3.69. The van der Waals surface area contributed by atoms with Crippen LogP contribution in [0.1, 0.15) is 19.8 Å². The summed E-state index contributed by atoms with van der Waals surface area (Å²) in [5, 5.41) is 8.23. The number of hydrogen-bond donors (Lipinski definition) is 1. The second kappa shape index (κ2) is 5.71. The van der Waals surface area contributed by atoms with E-state index in [4.69, 9.17) is 5.11 Å². The van der Waals surface area contributed by atoms with Crippen molar-refractivity contribution in [2.75, 3.05) is 0 Å². The molecule has 0 radical (unpaired) electrons. The molecule has 0 aromatic heterocycles. The van der Waals surface area contributed by atoms with E-state index < -0.39 is 5.97 Å². The number of carbonyl (C=O) groups is 1. The van der Waals surface area contributed by atoms with Gasteiger partial charge in [-0.05, 0) is 18.8 Å². The van der Waals surface area contributed by atoms with Gasteiger partial charge in [-0.3, -0.25) is 0 Å². The zero-order valence-corrected chi connectivity index (χ0v) is 6.79. The maximum absolute atomic E-state index is 10.0. The van der Waals surface area contributed by atoms with Crippen molar-refractivity contribution in [2.24, 2.45) is 5.92 Å². The first-order chi connectivity index (χ1) is 5.16. The number of carboxylic acid groups (broad SMARTS) is 1. The van der Waals surface area contributed by atoms with E-state index in [0.29, 0.717) is 5.92 Å². The summed E-state index contributed by atoms with van der Waals surface area (Å²) in [4.78, 5) is 10.0. The van der Waals surface area contributed by atoms with Gasteiger partial charge < -0.3 is 5.11 Å². The number of rotatable bonds is 5. The van der Waals surface area contributed by atoms with Gasteiger partial charge in [-0.25, -0.2) is 4.79 Å². The molecule has 0 bridgehead atoms. The molecule has 0 heterocycles. The molecule has 0 spiro atoms. The molecule has 2 nitrogen and oxygen atoms in total. The van der Waals surface area contributed by atoms with Gasteiger partial charge in [0.15, 0.2) is 0 Å². The first-order valence-corrected chi connectivity index (χ1v) is 3.69. The Morgan fingerprint density at radius 1 is 1.73 bits per heavy atom. The topological polar surface area (TPSA) is 37.3 Å². The Morgan fingerprint density at radius 3 is 2.82 bits per heavy atom. The molecule has 0 aromatic carbocycles. The van der Waals surface area contributed by atoms with E-state index in [1.54, 1.807) is 6.08 Å². The molecule has 1 atom stereocenters. The summed E-state index contributed by atoms with van der Waals surface area (Å²) in [6, 6.07) is 0. The van der Waals surface area contributed by atoms with E-state index in [9.17, 15) is 4.79 Å². The fourth-order valence-electron chi connectivity index (χ4n) is 0.661. The Hall–Kier alpha value is -1.05. The molecule has 0 aromatic rings. The smallest absolute Gasteiger partial charge is 0.327 e. The molecule has 0 aliphatic heterocycles. The van der Waals surface area contributed by atoms with Gasteiger partial charge in [0.1, 0.15) is 0 Å². The van der Waals surface area contributed by atoms with Crippen LogP contribution < -0.4 is 0 Å². The lowest BCUT2D eigenvalue weighted by Crippen LogP contribution is -1.88. The fourth-order valence-corrected chi connectivity index (χ4v) is 0.661. The highest BCUT2D eigenvalue weighted by Gasteiger charge is 1.92. The van der Waals surface area contributed by atoms with Crippen molar-refractivity contribution in [3.05, 3.63) is 24.8 Å². The van der Waals surface area contributed by atoms with Crippen molar-refractivity contribution in [1.82, 2.24) is 0 Å². The van der Waals surface area contributed by atoms with Crippen LogP contribution in [0.3, 0.4) is 0 Å². The van der Waals surface area contributed by atoms with E-state index in [1.807, 2.05) is 6.08 Å². The van der Waals surface area contributed by atoms with Gasteiger partial charge in [0, 0.05) is 6.08 Å². The summed E-state index contributed by atoms with van der Waals surface area (Å²) < 4.78 is 0. The molecule has 0 aliphatic carbocycles. The van der Waals surface area contributed by atoms with E-state index in [0.717, 1.165) is 12.8 Å². The maximum Gasteiger partial charge on any atom is 0.327 e. The molecule has 1 unspecified atom stereocenters. The highest BCUT2D eigenvalue weighted by atomic mass is 16.4. The zero-order valence-electron chi connectivity index (χ0n) is 6.79. The third-order valence-electron chi connectivity index (χ3n) is 1.45. The molecule has 2 heteroatoms. The lowest BCUT2D eigenvalue weighted by molar-refractivity contribution is -0.131. The standard InChI is InChI=1S/C9H14O2/c1-3-8(2)6-4-5-7-9(10)11/h3,5,7-8H,1,4,6H2,2H3,(H,10,11)/b7-5+. The first kappa shape index (κ1) is 9.95. The second-order valence-corrected chi connectivity index (χ2v) is 2.53. The SMILES string of the molecule is C=CC(C)CC/C=C/C(=O)O. The van der Waals surface area contributed by atoms with Gasteiger partial charge in [-0.1, -0.05) is 19.1 Å². The van der Waals surface area contributed by atoms with Crippen LogP contribution >= 0.6 is 0 Å². The monoisotopic (exact) mass is 154 g/mol. The van der Waals surface area contributed by atoms with Gasteiger partial charge in [0.25, 0.3) is 0 Å². The summed E-state index contributed by atoms with van der Waals surface area (Å²) in [5.74, 6) is -0.412. The van der Waals surface area contributed by atoms with Crippen LogP contribution in [0.25, 0.3) is 0 Å². The average Bonchev–Trinajstić information content (AvgIpc) is 1.97. The normalized spacial score (nSPS) is 13.2. The number of aliphatic carboxylic acids is 1. The van der Waals surface area contributed by atoms with Crippen LogP contribution in [0.2, 0.25) is 0 Å². The molecule has 0 saturated heterocycles. The second-order valence-electron chi connectivity index (χ2n) is 2.53. The Kier molecular flexibility index (Phi) is 5.17. The molecular weight excluding hydrogens is 140 g/mol. The minimum absolute atomic E-state index is 0.466. The molecule has 0 aliphatic rings. The maximum atomic E-state index is 10.0. The van der Waals surface area contributed by atoms with Crippen LogP contribution in [0, 0.1) is 5.92 Å². The predicted octanol–water partition coefficient (Wildman–Crippen LogP) is 2.23. The molecule has 0 rings (SSSR count). The van der Waals surface area contributed by atoms with E-state index >= 15 is 0 Å². The summed E-state index contributed by atoms with van der Waals surface area (Å²) in [5.41, 5.74) is 0. The molecular formula is C9H14O2. The minimum Gasteiger partial charge on any atom is -0.478 e. The third kappa shape index (κ3) is 6.84. The average molecular weight is 154 g/mol. The van der Waals surface area contributed by atoms with Crippen molar-refractivity contribution in [3.63, 3.8) is 0 Å². The Balaban J connectivity index is 3.41. The van der Waals surface area contributed by atoms with Crippen LogP contribution in [0.4, 0.5) is 0 Å². The Labute approximate surface area is 67.2 Å². The zero-order chi connectivity index (χ0) is 8.69. The summed E-state index contributed by atoms with van der Waals surface area (Å²) >= 11 is 0.